The van der Waals surface area contributed by atoms with E-state index in [0.717, 1.165) is 18.4 Å². The topological polar surface area (TPSA) is 126 Å². The number of nitrogens with zero attached hydrogens (tertiary/aromatic N) is 4. The van der Waals surface area contributed by atoms with Gasteiger partial charge in [-0.1, -0.05) is 24.3 Å². The van der Waals surface area contributed by atoms with Gasteiger partial charge in [-0.2, -0.15) is 0 Å². The number of anilines is 2. The van der Waals surface area contributed by atoms with Crippen molar-refractivity contribution in [2.75, 3.05) is 24.3 Å². The number of amides is 1. The first-order valence-corrected chi connectivity index (χ1v) is 14.6. The second kappa shape index (κ2) is 12.4. The number of benzene rings is 3. The van der Waals surface area contributed by atoms with Crippen LogP contribution >= 0.6 is 0 Å². The maximum Gasteiger partial charge on any atom is 0.284 e. The van der Waals surface area contributed by atoms with Crippen LogP contribution in [0.25, 0.3) is 28.2 Å². The molecule has 6 rings (SSSR count). The molecule has 0 aliphatic carbocycles. The quantitative estimate of drug-likeness (QED) is 0.252. The summed E-state index contributed by atoms with van der Waals surface area (Å²) < 4.78 is 29.2. The van der Waals surface area contributed by atoms with E-state index in [9.17, 15) is 14.0 Å². The minimum absolute atomic E-state index is 0.0428. The van der Waals surface area contributed by atoms with E-state index < -0.39 is 17.3 Å². The van der Waals surface area contributed by atoms with Gasteiger partial charge in [0.25, 0.3) is 11.5 Å². The van der Waals surface area contributed by atoms with Crippen LogP contribution in [-0.2, 0) is 11.8 Å². The van der Waals surface area contributed by atoms with Gasteiger partial charge in [0.2, 0.25) is 0 Å². The molecule has 1 amide bonds. The number of hydrogen-bond acceptors (Lipinski definition) is 7. The second-order valence-corrected chi connectivity index (χ2v) is 11.0. The van der Waals surface area contributed by atoms with E-state index in [0.29, 0.717) is 58.5 Å². The van der Waals surface area contributed by atoms with Crippen molar-refractivity contribution in [3.63, 3.8) is 0 Å². The average Bonchev–Trinajstić information content (AvgIpc) is 3.25. The van der Waals surface area contributed by atoms with Gasteiger partial charge in [0, 0.05) is 42.8 Å². The van der Waals surface area contributed by atoms with Crippen LogP contribution in [0.5, 0.6) is 5.75 Å². The molecule has 0 unspecified atom stereocenters. The third kappa shape index (κ3) is 6.07. The molecule has 2 aromatic heterocycles. The summed E-state index contributed by atoms with van der Waals surface area (Å²) in [7, 11) is 1.74. The van der Waals surface area contributed by atoms with E-state index in [1.54, 1.807) is 42.9 Å². The van der Waals surface area contributed by atoms with Crippen molar-refractivity contribution in [1.29, 1.82) is 0 Å². The third-order valence-electron chi connectivity index (χ3n) is 7.96. The number of rotatable bonds is 7. The summed E-state index contributed by atoms with van der Waals surface area (Å²) in [6, 6.07) is 18.9. The van der Waals surface area contributed by atoms with Gasteiger partial charge in [-0.25, -0.2) is 19.0 Å². The molecule has 3 heterocycles. The molecule has 1 aliphatic rings. The summed E-state index contributed by atoms with van der Waals surface area (Å²) >= 11 is 0. The summed E-state index contributed by atoms with van der Waals surface area (Å²) in [5, 5.41) is 2.85. The summed E-state index contributed by atoms with van der Waals surface area (Å²) in [6.07, 6.45) is 2.94. The molecule has 1 aliphatic heterocycles. The lowest BCUT2D eigenvalue weighted by Crippen LogP contribution is -2.25. The first kappa shape index (κ1) is 29.8. The van der Waals surface area contributed by atoms with Crippen LogP contribution in [0.3, 0.4) is 0 Å². The fourth-order valence-corrected chi connectivity index (χ4v) is 5.53. The molecule has 1 fully saturated rings. The molecule has 0 saturated carbocycles. The minimum Gasteiger partial charge on any atom is -0.490 e. The Morgan fingerprint density at radius 3 is 2.56 bits per heavy atom. The zero-order valence-electron chi connectivity index (χ0n) is 25.2. The Hall–Kier alpha value is -5.29. The van der Waals surface area contributed by atoms with Gasteiger partial charge < -0.3 is 20.5 Å². The summed E-state index contributed by atoms with van der Waals surface area (Å²) in [5.41, 5.74) is 10.4. The Morgan fingerprint density at radius 1 is 1.07 bits per heavy atom. The maximum absolute atomic E-state index is 14.6. The highest BCUT2D eigenvalue weighted by Gasteiger charge is 2.23. The number of carbonyl (C=O) groups excluding carboxylic acids is 1. The predicted molar refractivity (Wildman–Crippen MR) is 170 cm³/mol. The van der Waals surface area contributed by atoms with Gasteiger partial charge in [-0.3, -0.25) is 14.3 Å². The summed E-state index contributed by atoms with van der Waals surface area (Å²) in [4.78, 5) is 35.7. The van der Waals surface area contributed by atoms with Crippen LogP contribution < -0.4 is 21.3 Å². The first-order chi connectivity index (χ1) is 21.7. The van der Waals surface area contributed by atoms with E-state index in [2.05, 4.69) is 10.3 Å². The summed E-state index contributed by atoms with van der Waals surface area (Å²) in [6.45, 7) is 4.82. The smallest absolute Gasteiger partial charge is 0.284 e. The van der Waals surface area contributed by atoms with E-state index in [-0.39, 0.29) is 17.5 Å². The summed E-state index contributed by atoms with van der Waals surface area (Å²) in [5.74, 6) is -0.344. The van der Waals surface area contributed by atoms with E-state index in [1.165, 1.54) is 23.0 Å². The van der Waals surface area contributed by atoms with Gasteiger partial charge in [0.05, 0.1) is 36.5 Å². The Bertz CT molecular complexity index is 1950. The largest absolute Gasteiger partial charge is 0.490 e. The van der Waals surface area contributed by atoms with Crippen LogP contribution in [-0.4, -0.2) is 44.6 Å². The molecule has 45 heavy (non-hydrogen) atoms. The van der Waals surface area contributed by atoms with Gasteiger partial charge in [-0.15, -0.1) is 0 Å². The van der Waals surface area contributed by atoms with Crippen molar-refractivity contribution in [1.82, 2.24) is 19.3 Å². The standard InChI is InChI=1S/C34H33FN6O4/c1-20-15-24(38-33(42)30-21(2)40(3)41(34(30)43)25-7-5-4-6-8-25)9-10-28(20)31-32(36)37-19-29(39-31)22-16-23(35)18-27(17-22)45-26-11-13-44-14-12-26/h4-10,15-19,26H,11-14H2,1-3H3,(H2,36,37)(H,38,42). The highest BCUT2D eigenvalue weighted by atomic mass is 19.1. The van der Waals surface area contributed by atoms with Crippen LogP contribution in [0, 0.1) is 19.7 Å². The fraction of sp³-hybridized carbons (Fsp3) is 0.235. The monoisotopic (exact) mass is 608 g/mol. The molecule has 230 valence electrons. The maximum atomic E-state index is 14.6. The molecule has 11 heteroatoms. The van der Waals surface area contributed by atoms with Crippen LogP contribution in [0.1, 0.15) is 34.5 Å². The highest BCUT2D eigenvalue weighted by molar-refractivity contribution is 6.05. The normalized spacial score (nSPS) is 13.5. The number of ether oxygens (including phenoxy) is 2. The van der Waals surface area contributed by atoms with Crippen LogP contribution in [0.2, 0.25) is 0 Å². The van der Waals surface area contributed by atoms with Gasteiger partial charge in [0.15, 0.2) is 0 Å². The zero-order valence-corrected chi connectivity index (χ0v) is 25.2. The number of aryl methyl sites for hydroxylation is 1. The first-order valence-electron chi connectivity index (χ1n) is 14.6. The Labute approximate surface area is 259 Å². The lowest BCUT2D eigenvalue weighted by molar-refractivity contribution is 0.0255. The van der Waals surface area contributed by atoms with Crippen molar-refractivity contribution >= 4 is 17.4 Å². The van der Waals surface area contributed by atoms with Gasteiger partial charge in [-0.05, 0) is 55.8 Å². The number of nitrogen functional groups attached to an aromatic ring is 1. The van der Waals surface area contributed by atoms with Crippen molar-refractivity contribution in [2.45, 2.75) is 32.8 Å². The number of halogens is 1. The van der Waals surface area contributed by atoms with Crippen molar-refractivity contribution in [3.05, 3.63) is 106 Å². The van der Waals surface area contributed by atoms with Crippen molar-refractivity contribution in [3.8, 4) is 34.0 Å². The minimum atomic E-state index is -0.513. The lowest BCUT2D eigenvalue weighted by atomic mass is 10.0. The molecule has 5 aromatic rings. The third-order valence-corrected chi connectivity index (χ3v) is 7.96. The zero-order chi connectivity index (χ0) is 31.7. The molecule has 10 nitrogen and oxygen atoms in total. The number of aromatic nitrogens is 4. The Morgan fingerprint density at radius 2 is 1.82 bits per heavy atom. The van der Waals surface area contributed by atoms with Gasteiger partial charge >= 0.3 is 0 Å². The lowest BCUT2D eigenvalue weighted by Gasteiger charge is -2.23. The van der Waals surface area contributed by atoms with E-state index >= 15 is 0 Å². The van der Waals surface area contributed by atoms with Crippen LogP contribution in [0.15, 0.2) is 77.7 Å². The predicted octanol–water partition coefficient (Wildman–Crippen LogP) is 5.45. The molecule has 3 N–H and O–H groups in total. The molecular formula is C34H33FN6O4. The Balaban J connectivity index is 1.26. The van der Waals surface area contributed by atoms with Crippen molar-refractivity contribution in [2.24, 2.45) is 7.05 Å². The number of carbonyl (C=O) groups is 1. The fourth-order valence-electron chi connectivity index (χ4n) is 5.53. The van der Waals surface area contributed by atoms with Crippen LogP contribution in [0.4, 0.5) is 15.9 Å². The van der Waals surface area contributed by atoms with E-state index in [4.69, 9.17) is 20.2 Å². The number of hydrogen-bond donors (Lipinski definition) is 2. The molecule has 3 aromatic carbocycles. The number of para-hydroxylation sites is 1. The van der Waals surface area contributed by atoms with E-state index in [1.807, 2.05) is 37.3 Å². The highest BCUT2D eigenvalue weighted by Crippen LogP contribution is 2.32. The second-order valence-electron chi connectivity index (χ2n) is 11.0. The molecule has 1 saturated heterocycles. The molecular weight excluding hydrogens is 575 g/mol. The SMILES string of the molecule is Cc1cc(NC(=O)c2c(C)n(C)n(-c3ccccc3)c2=O)ccc1-c1nc(-c2cc(F)cc(OC3CCOCC3)c2)cnc1N. The number of nitrogens with two attached hydrogens (primary N) is 1. The van der Waals surface area contributed by atoms with Crippen molar-refractivity contribution < 1.29 is 18.7 Å². The molecule has 0 spiro atoms. The van der Waals surface area contributed by atoms with Gasteiger partial charge in [0.1, 0.15) is 34.7 Å². The average molecular weight is 609 g/mol. The molecule has 0 radical (unpaired) electrons. The molecule has 0 atom stereocenters. The number of nitrogens with one attached hydrogen (secondary N) is 1. The Kier molecular flexibility index (Phi) is 8.18. The molecule has 0 bridgehead atoms.